The van der Waals surface area contributed by atoms with Gasteiger partial charge in [-0.05, 0) is 25.8 Å². The van der Waals surface area contributed by atoms with Gasteiger partial charge in [-0.3, -0.25) is 9.64 Å². The number of hydrogen-bond donors (Lipinski definition) is 1. The van der Waals surface area contributed by atoms with Crippen molar-refractivity contribution in [3.05, 3.63) is 0 Å². The van der Waals surface area contributed by atoms with Crippen molar-refractivity contribution in [3.63, 3.8) is 0 Å². The molecule has 2 aliphatic rings. The Bertz CT molecular complexity index is 246. The molecule has 0 radical (unpaired) electrons. The smallest absolute Gasteiger partial charge is 0.394 e. The number of alkyl halides is 3. The van der Waals surface area contributed by atoms with Crippen LogP contribution in [0.5, 0.6) is 0 Å². The van der Waals surface area contributed by atoms with Gasteiger partial charge in [0, 0.05) is 12.1 Å². The van der Waals surface area contributed by atoms with Gasteiger partial charge in [-0.2, -0.15) is 0 Å². The topological polar surface area (TPSA) is 32.7 Å². The lowest BCUT2D eigenvalue weighted by atomic mass is 9.94. The van der Waals surface area contributed by atoms with Crippen LogP contribution in [0.15, 0.2) is 0 Å². The van der Waals surface area contributed by atoms with E-state index in [9.17, 15) is 18.3 Å². The quantitative estimate of drug-likeness (QED) is 0.764. The number of aliphatic hydroxyl groups excluding tert-OH is 1. The highest BCUT2D eigenvalue weighted by Gasteiger charge is 2.50. The number of fused-ring (bicyclic) bond motifs is 1. The highest BCUT2D eigenvalue weighted by Crippen LogP contribution is 2.40. The fourth-order valence-electron chi connectivity index (χ4n) is 2.76. The van der Waals surface area contributed by atoms with Crippen molar-refractivity contribution in [3.8, 4) is 0 Å². The van der Waals surface area contributed by atoms with Gasteiger partial charge in [0.2, 0.25) is 0 Å². The Morgan fingerprint density at radius 3 is 2.73 bits per heavy atom. The van der Waals surface area contributed by atoms with E-state index in [1.807, 2.05) is 4.90 Å². The number of rotatable bonds is 2. The third-order valence-electron chi connectivity index (χ3n) is 3.37. The molecule has 2 fully saturated rings. The minimum absolute atomic E-state index is 0.0787. The second kappa shape index (κ2) is 3.61. The Labute approximate surface area is 85.8 Å². The molecule has 2 aliphatic heterocycles. The fourth-order valence-corrected chi connectivity index (χ4v) is 2.76. The molecule has 2 atom stereocenters. The van der Waals surface area contributed by atoms with E-state index in [-0.39, 0.29) is 19.6 Å². The largest absolute Gasteiger partial charge is 0.522 e. The van der Waals surface area contributed by atoms with Gasteiger partial charge >= 0.3 is 6.36 Å². The Balaban J connectivity index is 1.99. The van der Waals surface area contributed by atoms with Gasteiger partial charge in [0.25, 0.3) is 0 Å². The molecule has 15 heavy (non-hydrogen) atoms. The van der Waals surface area contributed by atoms with E-state index >= 15 is 0 Å². The third kappa shape index (κ3) is 2.11. The predicted octanol–water partition coefficient (Wildman–Crippen LogP) is 1.12. The van der Waals surface area contributed by atoms with Crippen molar-refractivity contribution in [2.75, 3.05) is 19.7 Å². The third-order valence-corrected chi connectivity index (χ3v) is 3.37. The summed E-state index contributed by atoms with van der Waals surface area (Å²) in [6.07, 6.45) is -3.40. The Hall–Kier alpha value is -0.330. The van der Waals surface area contributed by atoms with Crippen LogP contribution >= 0.6 is 0 Å². The molecule has 0 bridgehead atoms. The maximum absolute atomic E-state index is 12.0. The summed E-state index contributed by atoms with van der Waals surface area (Å²) >= 11 is 0. The molecular formula is C9H14F3NO2. The minimum Gasteiger partial charge on any atom is -0.394 e. The minimum atomic E-state index is -4.57. The summed E-state index contributed by atoms with van der Waals surface area (Å²) in [5.41, 5.74) is -0.448. The Morgan fingerprint density at radius 1 is 1.47 bits per heavy atom. The van der Waals surface area contributed by atoms with E-state index in [4.69, 9.17) is 0 Å². The van der Waals surface area contributed by atoms with Crippen molar-refractivity contribution < 1.29 is 23.0 Å². The van der Waals surface area contributed by atoms with Gasteiger partial charge in [-0.1, -0.05) is 0 Å². The molecule has 0 aromatic rings. The molecule has 88 valence electrons. The Morgan fingerprint density at radius 2 is 2.20 bits per heavy atom. The maximum Gasteiger partial charge on any atom is 0.522 e. The van der Waals surface area contributed by atoms with Crippen LogP contribution in [-0.2, 0) is 4.74 Å². The van der Waals surface area contributed by atoms with Crippen molar-refractivity contribution in [1.82, 2.24) is 4.90 Å². The molecule has 2 rings (SSSR count). The summed E-state index contributed by atoms with van der Waals surface area (Å²) < 4.78 is 40.0. The normalized spacial score (nSPS) is 37.2. The molecule has 0 saturated carbocycles. The molecule has 2 heterocycles. The summed E-state index contributed by atoms with van der Waals surface area (Å²) in [6.45, 7) is 0.961. The molecule has 0 amide bonds. The van der Waals surface area contributed by atoms with E-state index in [1.54, 1.807) is 0 Å². The first-order chi connectivity index (χ1) is 6.95. The van der Waals surface area contributed by atoms with E-state index < -0.39 is 18.0 Å². The monoisotopic (exact) mass is 225 g/mol. The van der Waals surface area contributed by atoms with Gasteiger partial charge in [0.1, 0.15) is 0 Å². The number of halogens is 3. The summed E-state index contributed by atoms with van der Waals surface area (Å²) in [6, 6.07) is 0. The number of aliphatic hydroxyl groups is 1. The van der Waals surface area contributed by atoms with E-state index in [0.29, 0.717) is 0 Å². The molecule has 6 heteroatoms. The molecule has 2 unspecified atom stereocenters. The summed E-state index contributed by atoms with van der Waals surface area (Å²) in [4.78, 5) is 1.92. The van der Waals surface area contributed by atoms with E-state index in [1.165, 1.54) is 0 Å². The standard InChI is InChI=1S/C9H14F3NO2/c10-9(11,12)15-7-4-8(6-14)2-1-3-13(8)5-7/h7,14H,1-6H2. The zero-order chi connectivity index (χ0) is 11.1. The summed E-state index contributed by atoms with van der Waals surface area (Å²) in [5, 5.41) is 9.26. The Kier molecular flexibility index (Phi) is 2.68. The van der Waals surface area contributed by atoms with Gasteiger partial charge in [-0.15, -0.1) is 13.2 Å². The van der Waals surface area contributed by atoms with E-state index in [2.05, 4.69) is 4.74 Å². The molecule has 2 saturated heterocycles. The summed E-state index contributed by atoms with van der Waals surface area (Å²) in [7, 11) is 0. The zero-order valence-corrected chi connectivity index (χ0v) is 8.26. The number of ether oxygens (including phenoxy) is 1. The van der Waals surface area contributed by atoms with Crippen LogP contribution in [0, 0.1) is 0 Å². The van der Waals surface area contributed by atoms with Crippen molar-refractivity contribution in [1.29, 1.82) is 0 Å². The molecule has 0 aromatic heterocycles. The fraction of sp³-hybridized carbons (Fsp3) is 1.00. The molecule has 1 N–H and O–H groups in total. The lowest BCUT2D eigenvalue weighted by Crippen LogP contribution is -2.41. The van der Waals surface area contributed by atoms with Crippen LogP contribution in [0.1, 0.15) is 19.3 Å². The van der Waals surface area contributed by atoms with Crippen LogP contribution < -0.4 is 0 Å². The number of nitrogens with zero attached hydrogens (tertiary/aromatic N) is 1. The first-order valence-electron chi connectivity index (χ1n) is 5.06. The molecule has 0 aromatic carbocycles. The highest BCUT2D eigenvalue weighted by molar-refractivity contribution is 5.03. The second-order valence-electron chi connectivity index (χ2n) is 4.32. The van der Waals surface area contributed by atoms with Gasteiger partial charge < -0.3 is 5.11 Å². The lowest BCUT2D eigenvalue weighted by molar-refractivity contribution is -0.340. The molecule has 0 aliphatic carbocycles. The van der Waals surface area contributed by atoms with Crippen molar-refractivity contribution >= 4 is 0 Å². The van der Waals surface area contributed by atoms with E-state index in [0.717, 1.165) is 19.4 Å². The van der Waals surface area contributed by atoms with Gasteiger partial charge in [-0.25, -0.2) is 0 Å². The highest BCUT2D eigenvalue weighted by atomic mass is 19.4. The predicted molar refractivity (Wildman–Crippen MR) is 46.2 cm³/mol. The van der Waals surface area contributed by atoms with Crippen molar-refractivity contribution in [2.24, 2.45) is 0 Å². The number of hydrogen-bond acceptors (Lipinski definition) is 3. The average molecular weight is 225 g/mol. The lowest BCUT2D eigenvalue weighted by Gasteiger charge is -2.28. The molecular weight excluding hydrogens is 211 g/mol. The SMILES string of the molecule is OCC12CCCN1CC(OC(F)(F)F)C2. The van der Waals surface area contributed by atoms with Crippen molar-refractivity contribution in [2.45, 2.75) is 37.3 Å². The van der Waals surface area contributed by atoms with Crippen LogP contribution in [0.2, 0.25) is 0 Å². The van der Waals surface area contributed by atoms with Crippen LogP contribution in [0.25, 0.3) is 0 Å². The van der Waals surface area contributed by atoms with Crippen LogP contribution in [0.3, 0.4) is 0 Å². The van der Waals surface area contributed by atoms with Crippen LogP contribution in [-0.4, -0.2) is 47.7 Å². The van der Waals surface area contributed by atoms with Crippen LogP contribution in [0.4, 0.5) is 13.2 Å². The van der Waals surface area contributed by atoms with Gasteiger partial charge in [0.15, 0.2) is 0 Å². The molecule has 3 nitrogen and oxygen atoms in total. The molecule has 0 spiro atoms. The zero-order valence-electron chi connectivity index (χ0n) is 8.26. The summed E-state index contributed by atoms with van der Waals surface area (Å²) in [5.74, 6) is 0. The first kappa shape index (κ1) is 11.2. The van der Waals surface area contributed by atoms with Gasteiger partial charge in [0.05, 0.1) is 12.7 Å². The maximum atomic E-state index is 12.0. The average Bonchev–Trinajstić information content (AvgIpc) is 2.57. The second-order valence-corrected chi connectivity index (χ2v) is 4.32. The first-order valence-corrected chi connectivity index (χ1v) is 5.06.